The Morgan fingerprint density at radius 3 is 2.36 bits per heavy atom. The van der Waals surface area contributed by atoms with Crippen LogP contribution in [0.3, 0.4) is 0 Å². The van der Waals surface area contributed by atoms with Crippen LogP contribution in [0.25, 0.3) is 10.9 Å². The van der Waals surface area contributed by atoms with Crippen molar-refractivity contribution in [1.29, 1.82) is 0 Å². The Balaban J connectivity index is 1.38. The summed E-state index contributed by atoms with van der Waals surface area (Å²) in [5.41, 5.74) is 4.95. The standard InChI is InChI=1S/C21H24N4/c1-17-5-4-9-22-21(17)16-25-13-11-24(12-14-25)15-18-8-10-23-20-7-3-2-6-19(18)20/h2-10H,11-16H2,1H3. The van der Waals surface area contributed by atoms with Crippen molar-refractivity contribution in [3.8, 4) is 0 Å². The molecule has 1 aromatic carbocycles. The van der Waals surface area contributed by atoms with Gasteiger partial charge in [0.2, 0.25) is 0 Å². The second-order valence-corrected chi connectivity index (χ2v) is 6.81. The fourth-order valence-corrected chi connectivity index (χ4v) is 3.54. The Morgan fingerprint density at radius 2 is 1.56 bits per heavy atom. The maximum Gasteiger partial charge on any atom is 0.0705 e. The van der Waals surface area contributed by atoms with Gasteiger partial charge in [0.25, 0.3) is 0 Å². The maximum atomic E-state index is 4.53. The van der Waals surface area contributed by atoms with Crippen molar-refractivity contribution in [3.05, 3.63) is 71.7 Å². The Kier molecular flexibility index (Phi) is 4.72. The molecule has 0 atom stereocenters. The first-order chi connectivity index (χ1) is 12.3. The van der Waals surface area contributed by atoms with Crippen LogP contribution in [-0.2, 0) is 13.1 Å². The first kappa shape index (κ1) is 16.2. The van der Waals surface area contributed by atoms with Crippen molar-refractivity contribution < 1.29 is 0 Å². The molecule has 1 aliphatic rings. The zero-order valence-corrected chi connectivity index (χ0v) is 14.7. The molecule has 1 saturated heterocycles. The second-order valence-electron chi connectivity index (χ2n) is 6.81. The molecule has 3 heterocycles. The summed E-state index contributed by atoms with van der Waals surface area (Å²) >= 11 is 0. The molecule has 2 aromatic heterocycles. The number of nitrogens with zero attached hydrogens (tertiary/aromatic N) is 4. The van der Waals surface area contributed by atoms with Crippen molar-refractivity contribution in [2.75, 3.05) is 26.2 Å². The van der Waals surface area contributed by atoms with E-state index in [1.54, 1.807) is 0 Å². The van der Waals surface area contributed by atoms with E-state index in [2.05, 4.69) is 63.1 Å². The highest BCUT2D eigenvalue weighted by Gasteiger charge is 2.18. The Bertz CT molecular complexity index is 848. The van der Waals surface area contributed by atoms with Gasteiger partial charge in [-0.1, -0.05) is 24.3 Å². The van der Waals surface area contributed by atoms with Gasteiger partial charge in [-0.05, 0) is 36.2 Å². The lowest BCUT2D eigenvalue weighted by Gasteiger charge is -2.34. The number of rotatable bonds is 4. The molecule has 3 aromatic rings. The van der Waals surface area contributed by atoms with Gasteiger partial charge in [-0.3, -0.25) is 19.8 Å². The zero-order valence-electron chi connectivity index (χ0n) is 14.7. The molecular formula is C21H24N4. The lowest BCUT2D eigenvalue weighted by Crippen LogP contribution is -2.45. The number of hydrogen-bond acceptors (Lipinski definition) is 4. The summed E-state index contributed by atoms with van der Waals surface area (Å²) in [6.45, 7) is 8.49. The van der Waals surface area contributed by atoms with Gasteiger partial charge in [0.1, 0.15) is 0 Å². The molecule has 4 rings (SSSR count). The van der Waals surface area contributed by atoms with Crippen molar-refractivity contribution >= 4 is 10.9 Å². The molecule has 4 heteroatoms. The average Bonchev–Trinajstić information content (AvgIpc) is 2.65. The van der Waals surface area contributed by atoms with Crippen LogP contribution < -0.4 is 0 Å². The SMILES string of the molecule is Cc1cccnc1CN1CCN(Cc2ccnc3ccccc23)CC1. The van der Waals surface area contributed by atoms with Crippen LogP contribution >= 0.6 is 0 Å². The van der Waals surface area contributed by atoms with Crippen molar-refractivity contribution in [2.45, 2.75) is 20.0 Å². The molecule has 128 valence electrons. The number of fused-ring (bicyclic) bond motifs is 1. The minimum absolute atomic E-state index is 0.957. The van der Waals surface area contributed by atoms with E-state index in [1.807, 2.05) is 18.5 Å². The normalized spacial score (nSPS) is 16.4. The topological polar surface area (TPSA) is 32.3 Å². The molecule has 1 fully saturated rings. The fraction of sp³-hybridized carbons (Fsp3) is 0.333. The average molecular weight is 332 g/mol. The number of hydrogen-bond donors (Lipinski definition) is 0. The largest absolute Gasteiger partial charge is 0.297 e. The predicted molar refractivity (Wildman–Crippen MR) is 101 cm³/mol. The third-order valence-electron chi connectivity index (χ3n) is 5.09. The molecule has 0 saturated carbocycles. The van der Waals surface area contributed by atoms with Gasteiger partial charge in [-0.2, -0.15) is 0 Å². The van der Waals surface area contributed by atoms with E-state index in [0.717, 1.165) is 44.8 Å². The summed E-state index contributed by atoms with van der Waals surface area (Å²) in [4.78, 5) is 14.1. The molecule has 0 unspecified atom stereocenters. The van der Waals surface area contributed by atoms with Gasteiger partial charge in [-0.25, -0.2) is 0 Å². The molecular weight excluding hydrogens is 308 g/mol. The number of para-hydroxylation sites is 1. The molecule has 0 aliphatic carbocycles. The van der Waals surface area contributed by atoms with Gasteiger partial charge in [-0.15, -0.1) is 0 Å². The molecule has 0 radical (unpaired) electrons. The molecule has 1 aliphatic heterocycles. The minimum Gasteiger partial charge on any atom is -0.297 e. The first-order valence-corrected chi connectivity index (χ1v) is 8.97. The lowest BCUT2D eigenvalue weighted by molar-refractivity contribution is 0.121. The highest BCUT2D eigenvalue weighted by molar-refractivity contribution is 5.81. The van der Waals surface area contributed by atoms with Crippen LogP contribution in [0, 0.1) is 6.92 Å². The Labute approximate surface area is 149 Å². The number of aryl methyl sites for hydroxylation is 1. The van der Waals surface area contributed by atoms with E-state index in [9.17, 15) is 0 Å². The third kappa shape index (κ3) is 3.70. The quantitative estimate of drug-likeness (QED) is 0.734. The number of piperazine rings is 1. The highest BCUT2D eigenvalue weighted by atomic mass is 15.3. The number of pyridine rings is 2. The van der Waals surface area contributed by atoms with Crippen LogP contribution in [0.2, 0.25) is 0 Å². The van der Waals surface area contributed by atoms with E-state index in [-0.39, 0.29) is 0 Å². The zero-order chi connectivity index (χ0) is 17.1. The minimum atomic E-state index is 0.957. The van der Waals surface area contributed by atoms with Gasteiger partial charge in [0, 0.05) is 57.0 Å². The van der Waals surface area contributed by atoms with Crippen LogP contribution in [0.5, 0.6) is 0 Å². The van der Waals surface area contributed by atoms with E-state index in [0.29, 0.717) is 0 Å². The number of benzene rings is 1. The smallest absolute Gasteiger partial charge is 0.0705 e. The van der Waals surface area contributed by atoms with Gasteiger partial charge in [0.05, 0.1) is 11.2 Å². The van der Waals surface area contributed by atoms with Crippen LogP contribution in [-0.4, -0.2) is 45.9 Å². The molecule has 25 heavy (non-hydrogen) atoms. The molecule has 0 bridgehead atoms. The third-order valence-corrected chi connectivity index (χ3v) is 5.09. The fourth-order valence-electron chi connectivity index (χ4n) is 3.54. The lowest BCUT2D eigenvalue weighted by atomic mass is 10.1. The summed E-state index contributed by atoms with van der Waals surface area (Å²) in [6, 6.07) is 14.7. The summed E-state index contributed by atoms with van der Waals surface area (Å²) in [7, 11) is 0. The van der Waals surface area contributed by atoms with Crippen LogP contribution in [0.15, 0.2) is 54.9 Å². The molecule has 0 spiro atoms. The first-order valence-electron chi connectivity index (χ1n) is 8.97. The van der Waals surface area contributed by atoms with E-state index in [1.165, 1.54) is 22.2 Å². The highest BCUT2D eigenvalue weighted by Crippen LogP contribution is 2.19. The predicted octanol–water partition coefficient (Wildman–Crippen LogP) is 3.26. The van der Waals surface area contributed by atoms with Crippen LogP contribution in [0.4, 0.5) is 0 Å². The summed E-state index contributed by atoms with van der Waals surface area (Å²) in [6.07, 6.45) is 3.82. The Hall–Kier alpha value is -2.30. The van der Waals surface area contributed by atoms with Gasteiger partial charge < -0.3 is 0 Å². The monoisotopic (exact) mass is 332 g/mol. The molecule has 4 nitrogen and oxygen atoms in total. The summed E-state index contributed by atoms with van der Waals surface area (Å²) in [5, 5.41) is 1.27. The number of aromatic nitrogens is 2. The van der Waals surface area contributed by atoms with E-state index < -0.39 is 0 Å². The van der Waals surface area contributed by atoms with Crippen molar-refractivity contribution in [3.63, 3.8) is 0 Å². The Morgan fingerprint density at radius 1 is 0.800 bits per heavy atom. The van der Waals surface area contributed by atoms with Crippen molar-refractivity contribution in [1.82, 2.24) is 19.8 Å². The molecule has 0 N–H and O–H groups in total. The summed E-state index contributed by atoms with van der Waals surface area (Å²) in [5.74, 6) is 0. The van der Waals surface area contributed by atoms with E-state index in [4.69, 9.17) is 0 Å². The van der Waals surface area contributed by atoms with Crippen molar-refractivity contribution in [2.24, 2.45) is 0 Å². The van der Waals surface area contributed by atoms with E-state index >= 15 is 0 Å². The van der Waals surface area contributed by atoms with Crippen LogP contribution in [0.1, 0.15) is 16.8 Å². The maximum absolute atomic E-state index is 4.53. The molecule has 0 amide bonds. The van der Waals surface area contributed by atoms with Gasteiger partial charge in [0.15, 0.2) is 0 Å². The second kappa shape index (κ2) is 7.30. The summed E-state index contributed by atoms with van der Waals surface area (Å²) < 4.78 is 0. The van der Waals surface area contributed by atoms with Gasteiger partial charge >= 0.3 is 0 Å².